The van der Waals surface area contributed by atoms with Gasteiger partial charge in [0.25, 0.3) is 5.91 Å². The van der Waals surface area contributed by atoms with Crippen LogP contribution in [-0.2, 0) is 4.79 Å². The van der Waals surface area contributed by atoms with Crippen LogP contribution in [-0.4, -0.2) is 41.2 Å². The van der Waals surface area contributed by atoms with Gasteiger partial charge < -0.3 is 14.7 Å². The Bertz CT molecular complexity index is 461. The molecule has 1 aromatic carbocycles. The number of aliphatic hydroxyl groups is 1. The van der Waals surface area contributed by atoms with Crippen molar-refractivity contribution in [2.45, 2.75) is 32.5 Å². The van der Waals surface area contributed by atoms with Crippen LogP contribution in [0.4, 0.5) is 0 Å². The van der Waals surface area contributed by atoms with Crippen molar-refractivity contribution in [3.05, 3.63) is 28.7 Å². The average molecular weight is 342 g/mol. The molecule has 0 spiro atoms. The van der Waals surface area contributed by atoms with E-state index >= 15 is 0 Å². The van der Waals surface area contributed by atoms with Gasteiger partial charge in [-0.3, -0.25) is 4.79 Å². The summed E-state index contributed by atoms with van der Waals surface area (Å²) in [6.07, 6.45) is -0.0200. The Morgan fingerprint density at radius 3 is 2.60 bits per heavy atom. The lowest BCUT2D eigenvalue weighted by atomic mass is 10.0. The summed E-state index contributed by atoms with van der Waals surface area (Å²) >= 11 is 3.36. The van der Waals surface area contributed by atoms with E-state index in [1.54, 1.807) is 18.7 Å². The van der Waals surface area contributed by atoms with Crippen molar-refractivity contribution >= 4 is 21.8 Å². The van der Waals surface area contributed by atoms with E-state index in [1.165, 1.54) is 0 Å². The molecule has 0 aromatic heterocycles. The van der Waals surface area contributed by atoms with Crippen molar-refractivity contribution < 1.29 is 14.6 Å². The van der Waals surface area contributed by atoms with E-state index in [2.05, 4.69) is 15.9 Å². The molecule has 1 N–H and O–H groups in total. The van der Waals surface area contributed by atoms with E-state index in [0.717, 1.165) is 10.9 Å². The first kappa shape index (κ1) is 15.3. The molecule has 0 radical (unpaired) electrons. The van der Waals surface area contributed by atoms with Crippen LogP contribution >= 0.6 is 15.9 Å². The molecule has 1 amide bonds. The fourth-order valence-electron chi connectivity index (χ4n) is 2.41. The van der Waals surface area contributed by atoms with Crippen LogP contribution in [0.2, 0.25) is 0 Å². The molecule has 0 saturated carbocycles. The molecule has 1 aromatic rings. The minimum Gasteiger partial charge on any atom is -0.481 e. The van der Waals surface area contributed by atoms with Crippen LogP contribution in [0.25, 0.3) is 0 Å². The zero-order valence-electron chi connectivity index (χ0n) is 11.8. The largest absolute Gasteiger partial charge is 0.481 e. The molecule has 1 saturated heterocycles. The van der Waals surface area contributed by atoms with Gasteiger partial charge in [0.1, 0.15) is 5.75 Å². The molecular formula is C15H20BrNO3. The molecule has 5 heteroatoms. The maximum atomic E-state index is 12.3. The second-order valence-electron chi connectivity index (χ2n) is 5.29. The number of halogens is 1. The lowest BCUT2D eigenvalue weighted by Crippen LogP contribution is -2.39. The maximum Gasteiger partial charge on any atom is 0.263 e. The Balaban J connectivity index is 1.91. The van der Waals surface area contributed by atoms with Crippen LogP contribution in [0.15, 0.2) is 28.7 Å². The van der Waals surface area contributed by atoms with Crippen molar-refractivity contribution in [3.63, 3.8) is 0 Å². The number of ether oxygens (including phenoxy) is 1. The molecule has 1 aliphatic heterocycles. The normalized spacial score (nSPS) is 21.6. The number of nitrogens with zero attached hydrogens (tertiary/aromatic N) is 1. The van der Waals surface area contributed by atoms with Gasteiger partial charge in [-0.1, -0.05) is 15.9 Å². The van der Waals surface area contributed by atoms with Crippen molar-refractivity contribution in [3.8, 4) is 5.75 Å². The van der Waals surface area contributed by atoms with Gasteiger partial charge in [-0.25, -0.2) is 0 Å². The van der Waals surface area contributed by atoms with E-state index in [0.29, 0.717) is 18.8 Å². The fraction of sp³-hybridized carbons (Fsp3) is 0.533. The van der Waals surface area contributed by atoms with E-state index in [-0.39, 0.29) is 17.9 Å². The Hall–Kier alpha value is -1.07. The van der Waals surface area contributed by atoms with Crippen LogP contribution in [0, 0.1) is 5.92 Å². The van der Waals surface area contributed by atoms with Gasteiger partial charge in [0, 0.05) is 23.5 Å². The lowest BCUT2D eigenvalue weighted by molar-refractivity contribution is -0.137. The van der Waals surface area contributed by atoms with Crippen molar-refractivity contribution in [2.75, 3.05) is 13.1 Å². The summed E-state index contributed by atoms with van der Waals surface area (Å²) in [5.74, 6) is 0.843. The smallest absolute Gasteiger partial charge is 0.263 e. The molecule has 20 heavy (non-hydrogen) atoms. The average Bonchev–Trinajstić information content (AvgIpc) is 2.90. The maximum absolute atomic E-state index is 12.3. The predicted molar refractivity (Wildman–Crippen MR) is 80.6 cm³/mol. The van der Waals surface area contributed by atoms with Gasteiger partial charge in [0.15, 0.2) is 6.10 Å². The minimum atomic E-state index is -0.510. The van der Waals surface area contributed by atoms with E-state index < -0.39 is 6.10 Å². The molecule has 2 rings (SSSR count). The number of aliphatic hydroxyl groups excluding tert-OH is 1. The monoisotopic (exact) mass is 341 g/mol. The number of carbonyl (C=O) groups excluding carboxylic acids is 1. The zero-order chi connectivity index (χ0) is 14.7. The van der Waals surface area contributed by atoms with Gasteiger partial charge in [-0.2, -0.15) is 0 Å². The van der Waals surface area contributed by atoms with Gasteiger partial charge in [-0.05, 0) is 44.5 Å². The first-order chi connectivity index (χ1) is 9.47. The highest BCUT2D eigenvalue weighted by molar-refractivity contribution is 9.10. The fourth-order valence-corrected chi connectivity index (χ4v) is 2.67. The van der Waals surface area contributed by atoms with Gasteiger partial charge >= 0.3 is 0 Å². The quantitative estimate of drug-likeness (QED) is 0.914. The first-order valence-corrected chi connectivity index (χ1v) is 7.65. The van der Waals surface area contributed by atoms with Gasteiger partial charge in [-0.15, -0.1) is 0 Å². The molecule has 1 aliphatic rings. The third kappa shape index (κ3) is 3.73. The van der Waals surface area contributed by atoms with Gasteiger partial charge in [0.2, 0.25) is 0 Å². The Kier molecular flexibility index (Phi) is 5.05. The van der Waals surface area contributed by atoms with Crippen LogP contribution in [0.3, 0.4) is 0 Å². The molecular weight excluding hydrogens is 322 g/mol. The second kappa shape index (κ2) is 6.59. The Morgan fingerprint density at radius 2 is 2.05 bits per heavy atom. The highest BCUT2D eigenvalue weighted by Gasteiger charge is 2.31. The topological polar surface area (TPSA) is 49.8 Å². The lowest BCUT2D eigenvalue weighted by Gasteiger charge is -2.22. The number of benzene rings is 1. The minimum absolute atomic E-state index is 0.0175. The first-order valence-electron chi connectivity index (χ1n) is 6.86. The molecule has 0 aliphatic carbocycles. The number of rotatable bonds is 4. The summed E-state index contributed by atoms with van der Waals surface area (Å²) in [6, 6.07) is 7.42. The highest BCUT2D eigenvalue weighted by Crippen LogP contribution is 2.22. The Morgan fingerprint density at radius 1 is 1.40 bits per heavy atom. The van der Waals surface area contributed by atoms with Gasteiger partial charge in [0.05, 0.1) is 6.10 Å². The van der Waals surface area contributed by atoms with Crippen LogP contribution in [0.5, 0.6) is 5.75 Å². The number of hydrogen-bond acceptors (Lipinski definition) is 3. The summed E-state index contributed by atoms with van der Waals surface area (Å²) in [5.41, 5.74) is 0. The molecule has 1 heterocycles. The molecule has 1 fully saturated rings. The SMILES string of the molecule is CC(Oc1ccc(Br)cc1)C(=O)N1CCC(C(C)O)C1. The van der Waals surface area contributed by atoms with Crippen molar-refractivity contribution in [2.24, 2.45) is 5.92 Å². The molecule has 110 valence electrons. The molecule has 3 atom stereocenters. The van der Waals surface area contributed by atoms with E-state index in [9.17, 15) is 9.90 Å². The summed E-state index contributed by atoms with van der Waals surface area (Å²) in [6.45, 7) is 4.85. The van der Waals surface area contributed by atoms with Crippen LogP contribution < -0.4 is 4.74 Å². The number of amides is 1. The standard InChI is InChI=1S/C15H20BrNO3/c1-10(18)12-7-8-17(9-12)15(19)11(2)20-14-5-3-13(16)4-6-14/h3-6,10-12,18H,7-9H2,1-2H3. The second-order valence-corrected chi connectivity index (χ2v) is 6.20. The highest BCUT2D eigenvalue weighted by atomic mass is 79.9. The number of carbonyl (C=O) groups is 1. The van der Waals surface area contributed by atoms with E-state index in [4.69, 9.17) is 4.74 Å². The third-order valence-corrected chi connectivity index (χ3v) is 4.22. The molecule has 0 bridgehead atoms. The predicted octanol–water partition coefficient (Wildman–Crippen LogP) is 2.45. The summed E-state index contributed by atoms with van der Waals surface area (Å²) < 4.78 is 6.64. The summed E-state index contributed by atoms with van der Waals surface area (Å²) in [7, 11) is 0. The van der Waals surface area contributed by atoms with Crippen molar-refractivity contribution in [1.29, 1.82) is 0 Å². The summed E-state index contributed by atoms with van der Waals surface area (Å²) in [4.78, 5) is 14.1. The third-order valence-electron chi connectivity index (χ3n) is 3.69. The zero-order valence-corrected chi connectivity index (χ0v) is 13.3. The molecule has 3 unspecified atom stereocenters. The van der Waals surface area contributed by atoms with Crippen molar-refractivity contribution in [1.82, 2.24) is 4.90 Å². The number of hydrogen-bond donors (Lipinski definition) is 1. The number of likely N-dealkylation sites (tertiary alicyclic amines) is 1. The summed E-state index contributed by atoms with van der Waals surface area (Å²) in [5, 5.41) is 9.58. The van der Waals surface area contributed by atoms with Crippen LogP contribution in [0.1, 0.15) is 20.3 Å². The molecule has 4 nitrogen and oxygen atoms in total. The van der Waals surface area contributed by atoms with E-state index in [1.807, 2.05) is 24.3 Å². The Labute approximate surface area is 127 Å².